The number of nitrogens with zero attached hydrogens (tertiary/aromatic N) is 2. The molecule has 7 nitrogen and oxygen atoms in total. The normalized spacial score (nSPS) is 19.2. The zero-order chi connectivity index (χ0) is 17.4. The van der Waals surface area contributed by atoms with Crippen LogP contribution in [0.25, 0.3) is 0 Å². The number of aliphatic imine (C=N–C) groups is 1. The first kappa shape index (κ1) is 16.0. The predicted molar refractivity (Wildman–Crippen MR) is 91.9 cm³/mol. The van der Waals surface area contributed by atoms with Crippen molar-refractivity contribution < 1.29 is 9.59 Å². The van der Waals surface area contributed by atoms with Gasteiger partial charge in [-0.3, -0.25) is 20.3 Å². The summed E-state index contributed by atoms with van der Waals surface area (Å²) in [6.07, 6.45) is 0.0681. The average molecular weight is 327 g/mol. The maximum absolute atomic E-state index is 12.7. The number of hydrogen-bond acceptors (Lipinski definition) is 5. The number of rotatable bonds is 2. The first-order valence-electron chi connectivity index (χ1n) is 7.84. The second kappa shape index (κ2) is 5.99. The minimum atomic E-state index is -0.657. The zero-order valence-electron chi connectivity index (χ0n) is 14.2. The van der Waals surface area contributed by atoms with E-state index < -0.39 is 6.04 Å². The van der Waals surface area contributed by atoms with Crippen LogP contribution in [0.1, 0.15) is 31.4 Å². The van der Waals surface area contributed by atoms with E-state index in [4.69, 9.17) is 0 Å². The highest BCUT2D eigenvalue weighted by atomic mass is 16.2. The van der Waals surface area contributed by atoms with Gasteiger partial charge in [-0.25, -0.2) is 5.01 Å². The van der Waals surface area contributed by atoms with Gasteiger partial charge in [0.15, 0.2) is 0 Å². The molecule has 1 aromatic rings. The lowest BCUT2D eigenvalue weighted by Gasteiger charge is -2.32. The van der Waals surface area contributed by atoms with Crippen molar-refractivity contribution in [3.8, 4) is 0 Å². The van der Waals surface area contributed by atoms with Gasteiger partial charge in [0.2, 0.25) is 17.8 Å². The fourth-order valence-electron chi connectivity index (χ4n) is 2.81. The molecule has 2 aliphatic heterocycles. The molecular weight excluding hydrogens is 306 g/mol. The molecular formula is C17H21N5O2. The standard InChI is InChI=1S/C17H21N5O2/c1-9(2)15-20-17-19-14(23)8-13(22(17)21-15)16(24)18-12-6-10(3)5-11(4)7-12/h5-7,13,21H,8H2,1-4H3,(H,18,24)(H,19,20,23)/t13-/m0/s1. The lowest BCUT2D eigenvalue weighted by molar-refractivity contribution is -0.129. The third-order valence-electron chi connectivity index (χ3n) is 3.88. The van der Waals surface area contributed by atoms with E-state index in [2.05, 4.69) is 21.1 Å². The lowest BCUT2D eigenvalue weighted by Crippen LogP contribution is -2.61. The summed E-state index contributed by atoms with van der Waals surface area (Å²) in [5.74, 6) is 0.548. The van der Waals surface area contributed by atoms with Crippen molar-refractivity contribution >= 4 is 23.5 Å². The van der Waals surface area contributed by atoms with E-state index in [1.54, 1.807) is 5.01 Å². The fourth-order valence-corrected chi connectivity index (χ4v) is 2.81. The number of hydrogen-bond donors (Lipinski definition) is 3. The van der Waals surface area contributed by atoms with Crippen LogP contribution >= 0.6 is 0 Å². The number of benzene rings is 1. The Morgan fingerprint density at radius 1 is 1.25 bits per heavy atom. The Morgan fingerprint density at radius 3 is 2.54 bits per heavy atom. The molecule has 2 amide bonds. The molecule has 3 rings (SSSR count). The van der Waals surface area contributed by atoms with Crippen molar-refractivity contribution in [2.24, 2.45) is 4.99 Å². The van der Waals surface area contributed by atoms with Gasteiger partial charge in [-0.2, -0.15) is 4.99 Å². The third-order valence-corrected chi connectivity index (χ3v) is 3.88. The van der Waals surface area contributed by atoms with E-state index in [0.29, 0.717) is 11.8 Å². The molecule has 1 fully saturated rings. The molecule has 0 aromatic heterocycles. The van der Waals surface area contributed by atoms with Crippen LogP contribution in [0.4, 0.5) is 5.69 Å². The van der Waals surface area contributed by atoms with Crippen LogP contribution in [-0.2, 0) is 9.59 Å². The van der Waals surface area contributed by atoms with Crippen LogP contribution in [0.15, 0.2) is 34.6 Å². The van der Waals surface area contributed by atoms with Crippen molar-refractivity contribution in [2.75, 3.05) is 5.32 Å². The van der Waals surface area contributed by atoms with Gasteiger partial charge in [0.05, 0.1) is 6.42 Å². The van der Waals surface area contributed by atoms with Gasteiger partial charge in [0, 0.05) is 5.69 Å². The highest BCUT2D eigenvalue weighted by molar-refractivity contribution is 6.07. The highest BCUT2D eigenvalue weighted by Gasteiger charge is 2.39. The van der Waals surface area contributed by atoms with E-state index >= 15 is 0 Å². The highest BCUT2D eigenvalue weighted by Crippen LogP contribution is 2.20. The molecule has 0 radical (unpaired) electrons. The number of carbonyl (C=O) groups excluding carboxylic acids is 2. The number of fused-ring (bicyclic) bond motifs is 1. The van der Waals surface area contributed by atoms with Gasteiger partial charge in [0.25, 0.3) is 0 Å². The largest absolute Gasteiger partial charge is 0.324 e. The summed E-state index contributed by atoms with van der Waals surface area (Å²) >= 11 is 0. The molecule has 2 heterocycles. The number of carbonyl (C=O) groups is 2. The summed E-state index contributed by atoms with van der Waals surface area (Å²) in [7, 11) is 0. The van der Waals surface area contributed by atoms with Crippen LogP contribution < -0.4 is 16.1 Å². The van der Waals surface area contributed by atoms with Crippen molar-refractivity contribution in [3.05, 3.63) is 40.7 Å². The Hall–Kier alpha value is -2.83. The van der Waals surface area contributed by atoms with Crippen LogP contribution in [0.5, 0.6) is 0 Å². The zero-order valence-corrected chi connectivity index (χ0v) is 14.2. The number of guanidine groups is 1. The van der Waals surface area contributed by atoms with E-state index in [0.717, 1.165) is 22.4 Å². The minimum Gasteiger partial charge on any atom is -0.324 e. The monoisotopic (exact) mass is 327 g/mol. The summed E-state index contributed by atoms with van der Waals surface area (Å²) in [4.78, 5) is 29.0. The quantitative estimate of drug-likeness (QED) is 0.769. The molecule has 0 aliphatic carbocycles. The van der Waals surface area contributed by atoms with E-state index in [1.807, 2.05) is 45.9 Å². The third kappa shape index (κ3) is 3.10. The molecule has 1 aromatic carbocycles. The molecule has 0 bridgehead atoms. The summed E-state index contributed by atoms with van der Waals surface area (Å²) in [6.45, 7) is 7.78. The summed E-state index contributed by atoms with van der Waals surface area (Å²) in [5.41, 5.74) is 6.92. The maximum atomic E-state index is 12.7. The molecule has 3 N–H and O–H groups in total. The summed E-state index contributed by atoms with van der Waals surface area (Å²) in [6, 6.07) is 5.19. The second-order valence-electron chi connectivity index (χ2n) is 6.40. The first-order valence-corrected chi connectivity index (χ1v) is 7.84. The molecule has 1 saturated heterocycles. The van der Waals surface area contributed by atoms with Crippen LogP contribution in [0.3, 0.4) is 0 Å². The molecule has 1 atom stereocenters. The molecule has 0 unspecified atom stereocenters. The molecule has 126 valence electrons. The molecule has 7 heteroatoms. The van der Waals surface area contributed by atoms with Gasteiger partial charge in [-0.1, -0.05) is 6.07 Å². The van der Waals surface area contributed by atoms with E-state index in [-0.39, 0.29) is 18.2 Å². The second-order valence-corrected chi connectivity index (χ2v) is 6.40. The predicted octanol–water partition coefficient (Wildman–Crippen LogP) is 1.56. The van der Waals surface area contributed by atoms with Crippen LogP contribution in [0, 0.1) is 13.8 Å². The number of allylic oxidation sites excluding steroid dienone is 1. The lowest BCUT2D eigenvalue weighted by atomic mass is 10.1. The fraction of sp³-hybridized carbons (Fsp3) is 0.353. The van der Waals surface area contributed by atoms with Crippen molar-refractivity contribution in [2.45, 2.75) is 40.2 Å². The summed E-state index contributed by atoms with van der Waals surface area (Å²) < 4.78 is 0. The Morgan fingerprint density at radius 2 is 1.92 bits per heavy atom. The van der Waals surface area contributed by atoms with Gasteiger partial charge in [-0.05, 0) is 56.5 Å². The molecule has 24 heavy (non-hydrogen) atoms. The molecule has 0 spiro atoms. The Bertz CT molecular complexity index is 757. The maximum Gasteiger partial charge on any atom is 0.249 e. The topological polar surface area (TPSA) is 85.8 Å². The number of hydrazine groups is 1. The Balaban J connectivity index is 1.82. The van der Waals surface area contributed by atoms with Crippen molar-refractivity contribution in [3.63, 3.8) is 0 Å². The number of anilines is 1. The molecule has 0 saturated carbocycles. The van der Waals surface area contributed by atoms with Crippen LogP contribution in [0.2, 0.25) is 0 Å². The van der Waals surface area contributed by atoms with Gasteiger partial charge < -0.3 is 5.32 Å². The Kier molecular flexibility index (Phi) is 4.01. The van der Waals surface area contributed by atoms with E-state index in [9.17, 15) is 9.59 Å². The van der Waals surface area contributed by atoms with E-state index in [1.165, 1.54) is 0 Å². The summed E-state index contributed by atoms with van der Waals surface area (Å²) in [5, 5.41) is 7.20. The molecule has 2 aliphatic rings. The SMILES string of the molecule is CC(C)=C1N=C2NC(=O)C[C@@H](C(=O)Nc3cc(C)cc(C)c3)N2N1. The smallest absolute Gasteiger partial charge is 0.249 e. The Labute approximate surface area is 140 Å². The minimum absolute atomic E-state index is 0.0681. The number of nitrogens with one attached hydrogen (secondary N) is 3. The van der Waals surface area contributed by atoms with Crippen LogP contribution in [-0.4, -0.2) is 28.8 Å². The van der Waals surface area contributed by atoms with Gasteiger partial charge in [0.1, 0.15) is 11.9 Å². The van der Waals surface area contributed by atoms with Gasteiger partial charge in [-0.15, -0.1) is 0 Å². The van der Waals surface area contributed by atoms with Crippen molar-refractivity contribution in [1.82, 2.24) is 15.8 Å². The number of aryl methyl sites for hydroxylation is 2. The first-order chi connectivity index (χ1) is 11.3. The number of amides is 2. The van der Waals surface area contributed by atoms with Crippen molar-refractivity contribution in [1.29, 1.82) is 0 Å². The average Bonchev–Trinajstić information content (AvgIpc) is 2.89. The van der Waals surface area contributed by atoms with Gasteiger partial charge >= 0.3 is 0 Å².